The first-order valence-corrected chi connectivity index (χ1v) is 10.7. The first kappa shape index (κ1) is 18.5. The third kappa shape index (κ3) is 3.18. The van der Waals surface area contributed by atoms with Gasteiger partial charge in [0.1, 0.15) is 5.60 Å². The topological polar surface area (TPSA) is 54.1 Å². The molecule has 2 heterocycles. The van der Waals surface area contributed by atoms with E-state index in [4.69, 9.17) is 4.74 Å². The van der Waals surface area contributed by atoms with E-state index in [9.17, 15) is 4.79 Å². The number of hydrogen-bond donors (Lipinski definition) is 2. The number of aromatic nitrogens is 1. The molecular formula is C23H32N2O2. The second-order valence-corrected chi connectivity index (χ2v) is 8.17. The van der Waals surface area contributed by atoms with Crippen LogP contribution in [0.4, 0.5) is 0 Å². The minimum Gasteiger partial charge on any atom is -0.366 e. The zero-order chi connectivity index (χ0) is 18.9. The molecule has 1 fully saturated rings. The monoisotopic (exact) mass is 368 g/mol. The smallest absolute Gasteiger partial charge is 0.223 e. The van der Waals surface area contributed by atoms with Gasteiger partial charge in [-0.2, -0.15) is 0 Å². The van der Waals surface area contributed by atoms with Crippen molar-refractivity contribution in [3.63, 3.8) is 0 Å². The predicted molar refractivity (Wildman–Crippen MR) is 109 cm³/mol. The van der Waals surface area contributed by atoms with E-state index in [1.165, 1.54) is 41.4 Å². The van der Waals surface area contributed by atoms with E-state index in [-0.39, 0.29) is 17.9 Å². The molecule has 1 amide bonds. The van der Waals surface area contributed by atoms with E-state index in [1.54, 1.807) is 0 Å². The molecule has 0 saturated heterocycles. The summed E-state index contributed by atoms with van der Waals surface area (Å²) < 4.78 is 6.47. The molecular weight excluding hydrogens is 336 g/mol. The first-order valence-electron chi connectivity index (χ1n) is 10.7. The Hall–Kier alpha value is -1.81. The van der Waals surface area contributed by atoms with Gasteiger partial charge in [0.15, 0.2) is 0 Å². The van der Waals surface area contributed by atoms with Gasteiger partial charge in [0, 0.05) is 16.8 Å². The van der Waals surface area contributed by atoms with Gasteiger partial charge >= 0.3 is 0 Å². The molecule has 2 unspecified atom stereocenters. The van der Waals surface area contributed by atoms with Gasteiger partial charge < -0.3 is 15.0 Å². The average Bonchev–Trinajstić information content (AvgIpc) is 3.12. The van der Waals surface area contributed by atoms with Crippen molar-refractivity contribution in [2.45, 2.75) is 76.9 Å². The number of hydrogen-bond acceptors (Lipinski definition) is 2. The van der Waals surface area contributed by atoms with Gasteiger partial charge in [-0.25, -0.2) is 0 Å². The lowest BCUT2D eigenvalue weighted by atomic mass is 9.80. The van der Waals surface area contributed by atoms with Crippen molar-refractivity contribution in [2.75, 3.05) is 6.61 Å². The van der Waals surface area contributed by atoms with Crippen LogP contribution in [0.25, 0.3) is 10.9 Å². The number of para-hydroxylation sites is 1. The Morgan fingerprint density at radius 1 is 1.26 bits per heavy atom. The van der Waals surface area contributed by atoms with Crippen LogP contribution in [0.1, 0.15) is 70.1 Å². The van der Waals surface area contributed by atoms with Crippen LogP contribution in [0.3, 0.4) is 0 Å². The molecule has 2 N–H and O–H groups in total. The number of aromatic amines is 1. The van der Waals surface area contributed by atoms with Crippen molar-refractivity contribution in [1.82, 2.24) is 10.3 Å². The molecule has 1 aromatic carbocycles. The normalized spacial score (nSPS) is 24.5. The molecule has 146 valence electrons. The summed E-state index contributed by atoms with van der Waals surface area (Å²) in [6.45, 7) is 5.04. The minimum absolute atomic E-state index is 0.0101. The van der Waals surface area contributed by atoms with E-state index < -0.39 is 5.60 Å². The number of fused-ring (bicyclic) bond motifs is 3. The Bertz CT molecular complexity index is 806. The molecule has 0 spiro atoms. The van der Waals surface area contributed by atoms with Gasteiger partial charge in [-0.3, -0.25) is 4.79 Å². The summed E-state index contributed by atoms with van der Waals surface area (Å²) in [6.07, 6.45) is 8.31. The highest BCUT2D eigenvalue weighted by atomic mass is 16.5. The fraction of sp³-hybridized carbons (Fsp3) is 0.609. The van der Waals surface area contributed by atoms with Crippen LogP contribution >= 0.6 is 0 Å². The average molecular weight is 369 g/mol. The highest BCUT2D eigenvalue weighted by Gasteiger charge is 2.45. The molecule has 1 aliphatic carbocycles. The number of nitrogens with one attached hydrogen (secondary N) is 2. The third-order valence-electron chi connectivity index (χ3n) is 6.74. The highest BCUT2D eigenvalue weighted by molar-refractivity contribution is 5.85. The zero-order valence-electron chi connectivity index (χ0n) is 16.6. The second kappa shape index (κ2) is 7.67. The maximum absolute atomic E-state index is 13.0. The number of benzene rings is 1. The first-order chi connectivity index (χ1) is 13.2. The van der Waals surface area contributed by atoms with Crippen molar-refractivity contribution in [3.8, 4) is 0 Å². The van der Waals surface area contributed by atoms with E-state index >= 15 is 0 Å². The Balaban J connectivity index is 1.68. The van der Waals surface area contributed by atoms with Crippen LogP contribution in [0.5, 0.6) is 0 Å². The van der Waals surface area contributed by atoms with Crippen LogP contribution in [0.2, 0.25) is 0 Å². The zero-order valence-corrected chi connectivity index (χ0v) is 16.6. The summed E-state index contributed by atoms with van der Waals surface area (Å²) in [5.74, 6) is 0.397. The second-order valence-electron chi connectivity index (χ2n) is 8.17. The lowest BCUT2D eigenvalue weighted by Crippen LogP contribution is -2.55. The summed E-state index contributed by atoms with van der Waals surface area (Å²) in [7, 11) is 0. The molecule has 1 aliphatic heterocycles. The predicted octanol–water partition coefficient (Wildman–Crippen LogP) is 4.82. The SMILES string of the molecule is CCC(NC(=O)C1CCCCC1)C1(CC)OCCc2c1[nH]c1ccccc21. The molecule has 1 aromatic heterocycles. The Morgan fingerprint density at radius 3 is 2.78 bits per heavy atom. The molecule has 0 radical (unpaired) electrons. The number of ether oxygens (including phenoxy) is 1. The van der Waals surface area contributed by atoms with Gasteiger partial charge in [-0.15, -0.1) is 0 Å². The van der Waals surface area contributed by atoms with E-state index in [0.29, 0.717) is 6.61 Å². The number of amides is 1. The lowest BCUT2D eigenvalue weighted by molar-refractivity contribution is -0.134. The molecule has 4 heteroatoms. The number of carbonyl (C=O) groups is 1. The maximum Gasteiger partial charge on any atom is 0.223 e. The van der Waals surface area contributed by atoms with E-state index in [1.807, 2.05) is 0 Å². The van der Waals surface area contributed by atoms with Crippen molar-refractivity contribution < 1.29 is 9.53 Å². The van der Waals surface area contributed by atoms with Gasteiger partial charge in [0.05, 0.1) is 18.3 Å². The van der Waals surface area contributed by atoms with E-state index in [2.05, 4.69) is 48.4 Å². The molecule has 4 nitrogen and oxygen atoms in total. The van der Waals surface area contributed by atoms with Crippen LogP contribution < -0.4 is 5.32 Å². The number of carbonyl (C=O) groups excluding carboxylic acids is 1. The fourth-order valence-electron chi connectivity index (χ4n) is 5.23. The summed E-state index contributed by atoms with van der Waals surface area (Å²) in [5, 5.41) is 4.69. The molecule has 27 heavy (non-hydrogen) atoms. The third-order valence-corrected chi connectivity index (χ3v) is 6.74. The summed E-state index contributed by atoms with van der Waals surface area (Å²) in [4.78, 5) is 16.6. The molecule has 0 bridgehead atoms. The fourth-order valence-corrected chi connectivity index (χ4v) is 5.23. The summed E-state index contributed by atoms with van der Waals surface area (Å²) in [6, 6.07) is 8.49. The Labute approximate surface area is 162 Å². The standard InChI is InChI=1S/C23H32N2O2/c1-3-20(25-22(26)16-10-6-5-7-11-16)23(4-2)21-18(14-15-27-23)17-12-8-9-13-19(17)24-21/h8-9,12-13,16,20,24H,3-7,10-11,14-15H2,1-2H3,(H,25,26). The van der Waals surface area contributed by atoms with Crippen LogP contribution in [-0.4, -0.2) is 23.5 Å². The number of rotatable bonds is 5. The van der Waals surface area contributed by atoms with Gasteiger partial charge in [-0.1, -0.05) is 51.3 Å². The van der Waals surface area contributed by atoms with Gasteiger partial charge in [0.2, 0.25) is 5.91 Å². The van der Waals surface area contributed by atoms with Crippen LogP contribution in [0, 0.1) is 5.92 Å². The molecule has 2 atom stereocenters. The van der Waals surface area contributed by atoms with Crippen molar-refractivity contribution in [2.24, 2.45) is 5.92 Å². The molecule has 2 aromatic rings. The largest absolute Gasteiger partial charge is 0.366 e. The number of H-pyrrole nitrogens is 1. The van der Waals surface area contributed by atoms with Crippen LogP contribution in [0.15, 0.2) is 24.3 Å². The van der Waals surface area contributed by atoms with Crippen molar-refractivity contribution in [1.29, 1.82) is 0 Å². The molecule has 2 aliphatic rings. The van der Waals surface area contributed by atoms with Crippen molar-refractivity contribution >= 4 is 16.8 Å². The van der Waals surface area contributed by atoms with Crippen LogP contribution in [-0.2, 0) is 21.6 Å². The van der Waals surface area contributed by atoms with Gasteiger partial charge in [0.25, 0.3) is 0 Å². The van der Waals surface area contributed by atoms with Crippen molar-refractivity contribution in [3.05, 3.63) is 35.5 Å². The Morgan fingerprint density at radius 2 is 2.04 bits per heavy atom. The Kier molecular flexibility index (Phi) is 5.27. The summed E-state index contributed by atoms with van der Waals surface area (Å²) in [5.41, 5.74) is 3.24. The minimum atomic E-state index is -0.467. The highest BCUT2D eigenvalue weighted by Crippen LogP contribution is 2.42. The molecule has 4 rings (SSSR count). The lowest BCUT2D eigenvalue weighted by Gasteiger charge is -2.43. The quantitative estimate of drug-likeness (QED) is 0.795. The maximum atomic E-state index is 13.0. The summed E-state index contributed by atoms with van der Waals surface area (Å²) >= 11 is 0. The van der Waals surface area contributed by atoms with Gasteiger partial charge in [-0.05, 0) is 43.7 Å². The van der Waals surface area contributed by atoms with E-state index in [0.717, 1.165) is 32.1 Å². The molecule has 1 saturated carbocycles.